The molecular weight excluding hydrogens is 216 g/mol. The lowest BCUT2D eigenvalue weighted by atomic mass is 9.91. The molecule has 1 aliphatic carbocycles. The molecule has 0 amide bonds. The summed E-state index contributed by atoms with van der Waals surface area (Å²) in [6.45, 7) is 3.04. The molecule has 0 atom stereocenters. The Morgan fingerprint density at radius 3 is 2.88 bits per heavy atom. The Kier molecular flexibility index (Phi) is 3.78. The minimum absolute atomic E-state index is 0.211. The van der Waals surface area contributed by atoms with Crippen molar-refractivity contribution in [2.45, 2.75) is 38.6 Å². The number of nitrogen functional groups attached to an aromatic ring is 1. The van der Waals surface area contributed by atoms with Crippen molar-refractivity contribution in [1.82, 2.24) is 9.97 Å². The van der Waals surface area contributed by atoms with E-state index in [1.165, 1.54) is 19.3 Å². The predicted octanol–water partition coefficient (Wildman–Crippen LogP) is 1.11. The van der Waals surface area contributed by atoms with Gasteiger partial charge in [0, 0.05) is 31.0 Å². The van der Waals surface area contributed by atoms with E-state index in [2.05, 4.69) is 14.9 Å². The van der Waals surface area contributed by atoms with Crippen molar-refractivity contribution in [3.05, 3.63) is 11.8 Å². The number of nitrogens with zero attached hydrogens (tertiary/aromatic N) is 3. The van der Waals surface area contributed by atoms with Crippen LogP contribution in [0.2, 0.25) is 0 Å². The first kappa shape index (κ1) is 12.1. The molecule has 17 heavy (non-hydrogen) atoms. The van der Waals surface area contributed by atoms with E-state index < -0.39 is 0 Å². The van der Waals surface area contributed by atoms with Crippen LogP contribution in [0.4, 0.5) is 11.8 Å². The third-order valence-corrected chi connectivity index (χ3v) is 3.31. The zero-order chi connectivity index (χ0) is 12.3. The number of aliphatic hydroxyl groups is 1. The minimum atomic E-state index is 0.211. The van der Waals surface area contributed by atoms with Crippen LogP contribution < -0.4 is 10.6 Å². The van der Waals surface area contributed by atoms with E-state index in [4.69, 9.17) is 10.8 Å². The van der Waals surface area contributed by atoms with E-state index in [0.717, 1.165) is 24.3 Å². The molecule has 1 aromatic heterocycles. The lowest BCUT2D eigenvalue weighted by molar-refractivity contribution is 0.282. The molecule has 5 heteroatoms. The fraction of sp³-hybridized carbons (Fsp3) is 0.667. The monoisotopic (exact) mass is 236 g/mol. The van der Waals surface area contributed by atoms with Gasteiger partial charge in [-0.15, -0.1) is 0 Å². The van der Waals surface area contributed by atoms with Crippen LogP contribution in [-0.4, -0.2) is 34.3 Å². The average molecular weight is 236 g/mol. The summed E-state index contributed by atoms with van der Waals surface area (Å²) in [5, 5.41) is 8.97. The van der Waals surface area contributed by atoms with Gasteiger partial charge in [0.1, 0.15) is 5.82 Å². The molecule has 1 aliphatic rings. The van der Waals surface area contributed by atoms with Crippen molar-refractivity contribution >= 4 is 11.8 Å². The molecule has 1 saturated carbocycles. The van der Waals surface area contributed by atoms with Gasteiger partial charge < -0.3 is 15.7 Å². The number of aliphatic hydroxyl groups excluding tert-OH is 1. The zero-order valence-corrected chi connectivity index (χ0v) is 10.3. The molecular formula is C12H20N4O. The van der Waals surface area contributed by atoms with Crippen LogP contribution in [0, 0.1) is 6.92 Å². The number of rotatable bonds is 5. The van der Waals surface area contributed by atoms with Crippen LogP contribution in [0.5, 0.6) is 0 Å². The van der Waals surface area contributed by atoms with Crippen molar-refractivity contribution < 1.29 is 5.11 Å². The Bertz CT molecular complexity index is 379. The molecule has 0 bridgehead atoms. The third kappa shape index (κ3) is 2.66. The Balaban J connectivity index is 2.20. The predicted molar refractivity (Wildman–Crippen MR) is 67.9 cm³/mol. The van der Waals surface area contributed by atoms with Crippen LogP contribution in [0.15, 0.2) is 6.20 Å². The minimum Gasteiger partial charge on any atom is -0.396 e. The maximum atomic E-state index is 8.97. The highest BCUT2D eigenvalue weighted by molar-refractivity contribution is 5.49. The van der Waals surface area contributed by atoms with E-state index in [-0.39, 0.29) is 6.61 Å². The maximum absolute atomic E-state index is 8.97. The van der Waals surface area contributed by atoms with E-state index in [9.17, 15) is 0 Å². The molecule has 2 rings (SSSR count). The Morgan fingerprint density at radius 1 is 1.53 bits per heavy atom. The first-order chi connectivity index (χ1) is 8.22. The molecule has 94 valence electrons. The SMILES string of the molecule is Cc1cnc(N)nc1N(CCCO)C1CCC1. The quantitative estimate of drug-likeness (QED) is 0.801. The largest absolute Gasteiger partial charge is 0.396 e. The van der Waals surface area contributed by atoms with Gasteiger partial charge in [-0.2, -0.15) is 4.98 Å². The van der Waals surface area contributed by atoms with Crippen LogP contribution in [0.25, 0.3) is 0 Å². The lowest BCUT2D eigenvalue weighted by Gasteiger charge is -2.39. The van der Waals surface area contributed by atoms with Gasteiger partial charge in [0.2, 0.25) is 5.95 Å². The van der Waals surface area contributed by atoms with Crippen LogP contribution in [0.3, 0.4) is 0 Å². The van der Waals surface area contributed by atoms with Gasteiger partial charge in [-0.25, -0.2) is 4.98 Å². The van der Waals surface area contributed by atoms with Gasteiger partial charge >= 0.3 is 0 Å². The Hall–Kier alpha value is -1.36. The second-order valence-electron chi connectivity index (χ2n) is 4.59. The smallest absolute Gasteiger partial charge is 0.221 e. The molecule has 1 fully saturated rings. The van der Waals surface area contributed by atoms with Gasteiger partial charge in [0.15, 0.2) is 0 Å². The number of aromatic nitrogens is 2. The van der Waals surface area contributed by atoms with Crippen molar-refractivity contribution in [3.8, 4) is 0 Å². The molecule has 0 saturated heterocycles. The summed E-state index contributed by atoms with van der Waals surface area (Å²) < 4.78 is 0. The van der Waals surface area contributed by atoms with Gasteiger partial charge in [0.25, 0.3) is 0 Å². The fourth-order valence-electron chi connectivity index (χ4n) is 2.14. The Morgan fingerprint density at radius 2 is 2.29 bits per heavy atom. The molecule has 0 aliphatic heterocycles. The average Bonchev–Trinajstić information content (AvgIpc) is 2.25. The lowest BCUT2D eigenvalue weighted by Crippen LogP contribution is -2.42. The standard InChI is InChI=1S/C12H20N4O/c1-9-8-14-12(13)15-11(9)16(6-3-7-17)10-4-2-5-10/h8,10,17H,2-7H2,1H3,(H2,13,14,15). The number of nitrogens with two attached hydrogens (primary N) is 1. The molecule has 5 nitrogen and oxygen atoms in total. The summed E-state index contributed by atoms with van der Waals surface area (Å²) >= 11 is 0. The molecule has 0 spiro atoms. The molecule has 3 N–H and O–H groups in total. The summed E-state index contributed by atoms with van der Waals surface area (Å²) in [7, 11) is 0. The van der Waals surface area contributed by atoms with Crippen molar-refractivity contribution in [2.75, 3.05) is 23.8 Å². The summed E-state index contributed by atoms with van der Waals surface area (Å²) in [4.78, 5) is 10.6. The summed E-state index contributed by atoms with van der Waals surface area (Å²) in [5.74, 6) is 1.24. The zero-order valence-electron chi connectivity index (χ0n) is 10.3. The molecule has 0 unspecified atom stereocenters. The van der Waals surface area contributed by atoms with E-state index >= 15 is 0 Å². The fourth-order valence-corrected chi connectivity index (χ4v) is 2.14. The van der Waals surface area contributed by atoms with Gasteiger partial charge in [-0.3, -0.25) is 0 Å². The topological polar surface area (TPSA) is 75.3 Å². The maximum Gasteiger partial charge on any atom is 0.221 e. The number of anilines is 2. The number of hydrogen-bond donors (Lipinski definition) is 2. The summed E-state index contributed by atoms with van der Waals surface area (Å²) in [6, 6.07) is 0.551. The van der Waals surface area contributed by atoms with Crippen molar-refractivity contribution in [1.29, 1.82) is 0 Å². The second-order valence-corrected chi connectivity index (χ2v) is 4.59. The van der Waals surface area contributed by atoms with Gasteiger partial charge in [-0.1, -0.05) is 0 Å². The molecule has 0 radical (unpaired) electrons. The van der Waals surface area contributed by atoms with E-state index in [1.54, 1.807) is 6.20 Å². The van der Waals surface area contributed by atoms with E-state index in [0.29, 0.717) is 12.0 Å². The first-order valence-electron chi connectivity index (χ1n) is 6.19. The van der Waals surface area contributed by atoms with Crippen LogP contribution >= 0.6 is 0 Å². The van der Waals surface area contributed by atoms with E-state index in [1.807, 2.05) is 6.92 Å². The van der Waals surface area contributed by atoms with Gasteiger partial charge in [-0.05, 0) is 32.6 Å². The van der Waals surface area contributed by atoms with Crippen molar-refractivity contribution in [2.24, 2.45) is 0 Å². The number of aryl methyl sites for hydroxylation is 1. The molecule has 1 heterocycles. The first-order valence-corrected chi connectivity index (χ1v) is 6.19. The van der Waals surface area contributed by atoms with Crippen LogP contribution in [-0.2, 0) is 0 Å². The molecule has 0 aromatic carbocycles. The van der Waals surface area contributed by atoms with Crippen LogP contribution in [0.1, 0.15) is 31.2 Å². The highest BCUT2D eigenvalue weighted by Gasteiger charge is 2.26. The second kappa shape index (κ2) is 5.31. The van der Waals surface area contributed by atoms with Gasteiger partial charge in [0.05, 0.1) is 0 Å². The Labute approximate surface area is 102 Å². The summed E-state index contributed by atoms with van der Waals surface area (Å²) in [5.41, 5.74) is 6.70. The highest BCUT2D eigenvalue weighted by atomic mass is 16.3. The van der Waals surface area contributed by atoms with Crippen molar-refractivity contribution in [3.63, 3.8) is 0 Å². The number of hydrogen-bond acceptors (Lipinski definition) is 5. The molecule has 1 aromatic rings. The normalized spacial score (nSPS) is 15.6. The highest BCUT2D eigenvalue weighted by Crippen LogP contribution is 2.30. The summed E-state index contributed by atoms with van der Waals surface area (Å²) in [6.07, 6.45) is 6.21. The third-order valence-electron chi connectivity index (χ3n) is 3.31.